The zero-order valence-electron chi connectivity index (χ0n) is 15.5. The molecule has 3 aromatic heterocycles. The summed E-state index contributed by atoms with van der Waals surface area (Å²) in [5.41, 5.74) is 2.00. The van der Waals surface area contributed by atoms with Crippen molar-refractivity contribution in [1.29, 1.82) is 0 Å². The number of H-pyrrole nitrogens is 1. The van der Waals surface area contributed by atoms with Crippen molar-refractivity contribution in [2.45, 2.75) is 37.3 Å². The molecule has 2 saturated heterocycles. The first kappa shape index (κ1) is 19.9. The van der Waals surface area contributed by atoms with Crippen LogP contribution in [0.25, 0.3) is 11.2 Å². The number of halogens is 3. The molecule has 4 atom stereocenters. The van der Waals surface area contributed by atoms with E-state index in [1.807, 2.05) is 0 Å². The van der Waals surface area contributed by atoms with Gasteiger partial charge in [0.2, 0.25) is 5.95 Å². The predicted molar refractivity (Wildman–Crippen MR) is 105 cm³/mol. The number of aromatic amines is 1. The van der Waals surface area contributed by atoms with Crippen molar-refractivity contribution in [3.63, 3.8) is 0 Å². The number of ether oxygens (including phenoxy) is 3. The predicted octanol–water partition coefficient (Wildman–Crippen LogP) is 2.49. The van der Waals surface area contributed by atoms with Crippen LogP contribution in [0.4, 0.5) is 4.39 Å². The summed E-state index contributed by atoms with van der Waals surface area (Å²) in [4.78, 5) is 15.5. The number of nitrogens with zero attached hydrogens (tertiary/aromatic N) is 3. The number of pyridine rings is 2. The van der Waals surface area contributed by atoms with E-state index in [9.17, 15) is 9.50 Å². The Kier molecular flexibility index (Phi) is 5.24. The molecule has 0 bridgehead atoms. The second-order valence-corrected chi connectivity index (χ2v) is 8.10. The number of aliphatic hydroxyl groups excluding tert-OH is 1. The quantitative estimate of drug-likeness (QED) is 0.570. The lowest BCUT2D eigenvalue weighted by Crippen LogP contribution is -2.34. The third-order valence-electron chi connectivity index (χ3n) is 5.23. The molecule has 30 heavy (non-hydrogen) atoms. The number of fused-ring (bicyclic) bond motifs is 2. The van der Waals surface area contributed by atoms with E-state index in [2.05, 4.69) is 19.9 Å². The van der Waals surface area contributed by atoms with Crippen molar-refractivity contribution < 1.29 is 23.7 Å². The van der Waals surface area contributed by atoms with Gasteiger partial charge in [0.05, 0.1) is 34.5 Å². The fraction of sp³-hybridized carbons (Fsp3) is 0.421. The fourth-order valence-electron chi connectivity index (χ4n) is 3.75. The molecule has 0 spiro atoms. The molecule has 158 valence electrons. The van der Waals surface area contributed by atoms with Gasteiger partial charge < -0.3 is 24.3 Å². The van der Waals surface area contributed by atoms with Crippen LogP contribution < -0.4 is 4.74 Å². The first-order valence-electron chi connectivity index (χ1n) is 9.41. The van der Waals surface area contributed by atoms with Crippen LogP contribution in [0.3, 0.4) is 0 Å². The van der Waals surface area contributed by atoms with Crippen molar-refractivity contribution >= 4 is 34.4 Å². The van der Waals surface area contributed by atoms with Crippen LogP contribution in [0.5, 0.6) is 6.01 Å². The molecule has 8 nitrogen and oxygen atoms in total. The largest absolute Gasteiger partial charge is 0.456 e. The molecule has 2 aliphatic heterocycles. The minimum atomic E-state index is -0.651. The molecular weight excluding hydrogens is 438 g/mol. The Morgan fingerprint density at radius 2 is 2.00 bits per heavy atom. The molecule has 2 N–H and O–H groups in total. The highest BCUT2D eigenvalue weighted by atomic mass is 35.5. The summed E-state index contributed by atoms with van der Waals surface area (Å²) in [5.74, 6) is -0.566. The molecule has 0 saturated carbocycles. The van der Waals surface area contributed by atoms with Crippen LogP contribution in [0.15, 0.2) is 18.3 Å². The molecule has 5 heterocycles. The summed E-state index contributed by atoms with van der Waals surface area (Å²) in [5, 5.41) is 10.6. The molecule has 0 unspecified atom stereocenters. The van der Waals surface area contributed by atoms with Crippen LogP contribution in [-0.2, 0) is 22.3 Å². The second kappa shape index (κ2) is 7.90. The average Bonchev–Trinajstić information content (AvgIpc) is 3.39. The van der Waals surface area contributed by atoms with Gasteiger partial charge in [-0.15, -0.1) is 0 Å². The number of aromatic nitrogens is 4. The summed E-state index contributed by atoms with van der Waals surface area (Å²) in [6.45, 7) is 0.515. The van der Waals surface area contributed by atoms with Crippen molar-refractivity contribution in [2.75, 3.05) is 13.2 Å². The van der Waals surface area contributed by atoms with Crippen LogP contribution in [0.2, 0.25) is 10.0 Å². The van der Waals surface area contributed by atoms with Crippen LogP contribution >= 0.6 is 23.2 Å². The number of rotatable bonds is 5. The molecule has 0 aromatic carbocycles. The molecule has 11 heteroatoms. The van der Waals surface area contributed by atoms with E-state index in [-0.39, 0.29) is 30.9 Å². The standard InChI is InChI=1S/C19H17Cl2FN4O4/c20-9-3-8(17(22)23-5-9)1-2-11-10(21)4-12-18(24-11)26-19(25-12)30-14-7-29-15-13(27)6-28-16(14)15/h3-5,13-16,27H,1-2,6-7H2,(H,24,25,26)/t13-,14-,15-,16-/m1/s1. The lowest BCUT2D eigenvalue weighted by atomic mass is 10.1. The van der Waals surface area contributed by atoms with Crippen LogP contribution in [0, 0.1) is 5.95 Å². The zero-order valence-corrected chi connectivity index (χ0v) is 17.0. The smallest absolute Gasteiger partial charge is 0.296 e. The Labute approximate surface area is 180 Å². The summed E-state index contributed by atoms with van der Waals surface area (Å²) >= 11 is 12.2. The van der Waals surface area contributed by atoms with Gasteiger partial charge in [-0.25, -0.2) is 9.97 Å². The first-order valence-corrected chi connectivity index (χ1v) is 10.2. The van der Waals surface area contributed by atoms with E-state index in [0.717, 1.165) is 0 Å². The van der Waals surface area contributed by atoms with E-state index >= 15 is 0 Å². The van der Waals surface area contributed by atoms with Gasteiger partial charge in [-0.2, -0.15) is 9.37 Å². The van der Waals surface area contributed by atoms with Gasteiger partial charge in [-0.1, -0.05) is 23.2 Å². The van der Waals surface area contributed by atoms with Gasteiger partial charge in [0.15, 0.2) is 11.8 Å². The fourth-order valence-corrected chi connectivity index (χ4v) is 4.17. The molecule has 0 amide bonds. The highest BCUT2D eigenvalue weighted by Crippen LogP contribution is 2.30. The maximum Gasteiger partial charge on any atom is 0.296 e. The zero-order chi connectivity index (χ0) is 20.8. The molecule has 5 rings (SSSR count). The normalized spacial score (nSPS) is 25.7. The molecule has 0 aliphatic carbocycles. The number of nitrogens with one attached hydrogen (secondary N) is 1. The highest BCUT2D eigenvalue weighted by molar-refractivity contribution is 6.31. The average molecular weight is 455 g/mol. The minimum absolute atomic E-state index is 0.221. The lowest BCUT2D eigenvalue weighted by molar-refractivity contribution is 0.00706. The molecule has 2 aliphatic rings. The third-order valence-corrected chi connectivity index (χ3v) is 5.77. The van der Waals surface area contributed by atoms with Crippen LogP contribution in [0.1, 0.15) is 11.3 Å². The highest BCUT2D eigenvalue weighted by Gasteiger charge is 2.48. The van der Waals surface area contributed by atoms with Gasteiger partial charge in [0, 0.05) is 11.8 Å². The van der Waals surface area contributed by atoms with Crippen LogP contribution in [-0.4, -0.2) is 62.7 Å². The lowest BCUT2D eigenvalue weighted by Gasteiger charge is -2.15. The van der Waals surface area contributed by atoms with Crippen molar-refractivity contribution in [2.24, 2.45) is 0 Å². The summed E-state index contributed by atoms with van der Waals surface area (Å²) in [7, 11) is 0. The maximum absolute atomic E-state index is 13.8. The van der Waals surface area contributed by atoms with E-state index in [4.69, 9.17) is 37.4 Å². The number of hydrogen-bond acceptors (Lipinski definition) is 7. The number of imidazole rings is 1. The van der Waals surface area contributed by atoms with Gasteiger partial charge >= 0.3 is 0 Å². The van der Waals surface area contributed by atoms with Crippen molar-refractivity contribution in [3.05, 3.63) is 45.6 Å². The monoisotopic (exact) mass is 454 g/mol. The third kappa shape index (κ3) is 3.72. The number of hydrogen-bond donors (Lipinski definition) is 2. The molecule has 2 fully saturated rings. The SMILES string of the molecule is O[C@@H]1CO[C@H]2[C@@H]1OC[C@H]2Oc1nc2nc(CCc3cc(Cl)cnc3F)c(Cl)cc2[nH]1. The van der Waals surface area contributed by atoms with E-state index < -0.39 is 12.1 Å². The van der Waals surface area contributed by atoms with Crippen molar-refractivity contribution in [3.8, 4) is 6.01 Å². The van der Waals surface area contributed by atoms with Gasteiger partial charge in [0.1, 0.15) is 18.3 Å². The Morgan fingerprint density at radius 1 is 1.17 bits per heavy atom. The first-order chi connectivity index (χ1) is 14.5. The number of aryl methyl sites for hydroxylation is 2. The Balaban J connectivity index is 1.32. The summed E-state index contributed by atoms with van der Waals surface area (Å²) in [6, 6.07) is 3.50. The van der Waals surface area contributed by atoms with E-state index in [1.165, 1.54) is 12.3 Å². The summed E-state index contributed by atoms with van der Waals surface area (Å²) < 4.78 is 30.8. The maximum atomic E-state index is 13.8. The van der Waals surface area contributed by atoms with E-state index in [1.54, 1.807) is 6.07 Å². The van der Waals surface area contributed by atoms with Gasteiger partial charge in [0.25, 0.3) is 6.01 Å². The van der Waals surface area contributed by atoms with Gasteiger partial charge in [-0.05, 0) is 25.0 Å². The molecule has 3 aromatic rings. The topological polar surface area (TPSA) is 102 Å². The molecular formula is C19H17Cl2FN4O4. The van der Waals surface area contributed by atoms with Crippen molar-refractivity contribution in [1.82, 2.24) is 19.9 Å². The van der Waals surface area contributed by atoms with E-state index in [0.29, 0.717) is 51.9 Å². The second-order valence-electron chi connectivity index (χ2n) is 7.25. The molecule has 0 radical (unpaired) electrons. The van der Waals surface area contributed by atoms with Gasteiger partial charge in [-0.3, -0.25) is 0 Å². The number of aliphatic hydroxyl groups is 1. The summed E-state index contributed by atoms with van der Waals surface area (Å²) in [6.07, 6.45) is 0.220. The Hall–Kier alpha value is -2.04. The Morgan fingerprint density at radius 3 is 2.87 bits per heavy atom. The minimum Gasteiger partial charge on any atom is -0.456 e. The Bertz CT molecular complexity index is 1100.